The van der Waals surface area contributed by atoms with Crippen LogP contribution in [0.3, 0.4) is 0 Å². The molecule has 74 valence electrons. The molecule has 0 aliphatic heterocycles. The third-order valence-corrected chi connectivity index (χ3v) is 2.37. The summed E-state index contributed by atoms with van der Waals surface area (Å²) in [6.07, 6.45) is 0.705. The number of oxazole rings is 1. The monoisotopic (exact) mass is 211 g/mol. The van der Waals surface area contributed by atoms with E-state index in [2.05, 4.69) is 4.98 Å². The number of aliphatic hydroxyl groups is 1. The first kappa shape index (κ1) is 9.49. The van der Waals surface area contributed by atoms with E-state index in [1.54, 1.807) is 25.1 Å². The predicted molar refractivity (Wildman–Crippen MR) is 54.3 cm³/mol. The molecule has 0 bridgehead atoms. The van der Waals surface area contributed by atoms with Gasteiger partial charge in [0.05, 0.1) is 11.5 Å². The van der Waals surface area contributed by atoms with Gasteiger partial charge in [0.15, 0.2) is 12.0 Å². The molecule has 1 heterocycles. The van der Waals surface area contributed by atoms with Crippen LogP contribution in [-0.2, 0) is 0 Å². The molecule has 2 rings (SSSR count). The Morgan fingerprint density at radius 2 is 2.29 bits per heavy atom. The number of rotatable bonds is 2. The number of hydrogen-bond acceptors (Lipinski definition) is 3. The molecule has 2 aromatic rings. The first-order valence-corrected chi connectivity index (χ1v) is 4.77. The molecule has 0 aliphatic carbocycles. The van der Waals surface area contributed by atoms with Gasteiger partial charge in [-0.25, -0.2) is 4.98 Å². The summed E-state index contributed by atoms with van der Waals surface area (Å²) in [5.41, 5.74) is 2.19. The molecule has 4 heteroatoms. The summed E-state index contributed by atoms with van der Waals surface area (Å²) in [7, 11) is 0. The van der Waals surface area contributed by atoms with Gasteiger partial charge in [-0.2, -0.15) is 0 Å². The Morgan fingerprint density at radius 3 is 3.00 bits per heavy atom. The highest BCUT2D eigenvalue weighted by molar-refractivity contribution is 6.20. The van der Waals surface area contributed by atoms with E-state index in [1.165, 1.54) is 6.39 Å². The van der Waals surface area contributed by atoms with Crippen LogP contribution in [0.4, 0.5) is 0 Å². The fourth-order valence-electron chi connectivity index (χ4n) is 1.32. The van der Waals surface area contributed by atoms with Gasteiger partial charge in [-0.1, -0.05) is 6.07 Å². The standard InChI is InChI=1S/C10H10ClNO2/c1-6(11)10(13)7-2-3-8-9(4-7)14-5-12-8/h2-6,10,13H,1H3. The highest BCUT2D eigenvalue weighted by Gasteiger charge is 2.14. The van der Waals surface area contributed by atoms with E-state index >= 15 is 0 Å². The maximum Gasteiger partial charge on any atom is 0.181 e. The molecular formula is C10H10ClNO2. The van der Waals surface area contributed by atoms with Crippen molar-refractivity contribution in [1.29, 1.82) is 0 Å². The largest absolute Gasteiger partial charge is 0.443 e. The van der Waals surface area contributed by atoms with Gasteiger partial charge in [0.1, 0.15) is 5.52 Å². The Hall–Kier alpha value is -1.06. The van der Waals surface area contributed by atoms with Crippen molar-refractivity contribution in [2.24, 2.45) is 0 Å². The second kappa shape index (κ2) is 3.59. The zero-order valence-corrected chi connectivity index (χ0v) is 8.40. The normalized spacial score (nSPS) is 15.6. The van der Waals surface area contributed by atoms with Crippen molar-refractivity contribution in [2.75, 3.05) is 0 Å². The second-order valence-corrected chi connectivity index (χ2v) is 3.89. The Balaban J connectivity index is 2.43. The number of aliphatic hydroxyl groups excluding tert-OH is 1. The molecule has 0 fully saturated rings. The van der Waals surface area contributed by atoms with Gasteiger partial charge in [0.2, 0.25) is 0 Å². The van der Waals surface area contributed by atoms with E-state index in [1.807, 2.05) is 0 Å². The molecular weight excluding hydrogens is 202 g/mol. The van der Waals surface area contributed by atoms with Gasteiger partial charge >= 0.3 is 0 Å². The third-order valence-electron chi connectivity index (χ3n) is 2.13. The van der Waals surface area contributed by atoms with Crippen LogP contribution in [0.1, 0.15) is 18.6 Å². The molecule has 14 heavy (non-hydrogen) atoms. The van der Waals surface area contributed by atoms with Gasteiger partial charge in [0.25, 0.3) is 0 Å². The quantitative estimate of drug-likeness (QED) is 0.777. The number of aromatic nitrogens is 1. The van der Waals surface area contributed by atoms with E-state index in [-0.39, 0.29) is 5.38 Å². The van der Waals surface area contributed by atoms with E-state index < -0.39 is 6.10 Å². The lowest BCUT2D eigenvalue weighted by molar-refractivity contribution is 0.177. The van der Waals surface area contributed by atoms with Crippen LogP contribution in [0.2, 0.25) is 0 Å². The highest BCUT2D eigenvalue weighted by Crippen LogP contribution is 2.24. The number of alkyl halides is 1. The summed E-state index contributed by atoms with van der Waals surface area (Å²) < 4.78 is 5.12. The Labute approximate surface area is 86.3 Å². The Morgan fingerprint density at radius 1 is 1.50 bits per heavy atom. The second-order valence-electron chi connectivity index (χ2n) is 3.20. The summed E-state index contributed by atoms with van der Waals surface area (Å²) in [6, 6.07) is 5.36. The molecule has 0 aliphatic rings. The minimum absolute atomic E-state index is 0.324. The molecule has 3 nitrogen and oxygen atoms in total. The zero-order chi connectivity index (χ0) is 10.1. The van der Waals surface area contributed by atoms with Gasteiger partial charge in [-0.15, -0.1) is 11.6 Å². The number of halogens is 1. The molecule has 0 saturated heterocycles. The van der Waals surface area contributed by atoms with E-state index in [0.717, 1.165) is 11.1 Å². The Bertz CT molecular complexity index is 438. The smallest absolute Gasteiger partial charge is 0.181 e. The third kappa shape index (κ3) is 1.61. The molecule has 0 saturated carbocycles. The van der Waals surface area contributed by atoms with Crippen LogP contribution < -0.4 is 0 Å². The molecule has 2 atom stereocenters. The van der Waals surface area contributed by atoms with Crippen molar-refractivity contribution >= 4 is 22.7 Å². The van der Waals surface area contributed by atoms with E-state index in [4.69, 9.17) is 16.0 Å². The summed E-state index contributed by atoms with van der Waals surface area (Å²) in [6.45, 7) is 1.75. The SMILES string of the molecule is CC(Cl)C(O)c1ccc2ncoc2c1. The summed E-state index contributed by atoms with van der Waals surface area (Å²) in [5, 5.41) is 9.38. The maximum absolute atomic E-state index is 9.70. The molecule has 0 amide bonds. The fourth-order valence-corrected chi connectivity index (χ4v) is 1.47. The van der Waals surface area contributed by atoms with Crippen molar-refractivity contribution in [3.05, 3.63) is 30.2 Å². The first-order valence-electron chi connectivity index (χ1n) is 4.34. The lowest BCUT2D eigenvalue weighted by Crippen LogP contribution is -2.07. The van der Waals surface area contributed by atoms with Crippen molar-refractivity contribution in [1.82, 2.24) is 4.98 Å². The Kier molecular flexibility index (Phi) is 2.44. The van der Waals surface area contributed by atoms with E-state index in [9.17, 15) is 5.11 Å². The lowest BCUT2D eigenvalue weighted by atomic mass is 10.1. The average molecular weight is 212 g/mol. The van der Waals surface area contributed by atoms with E-state index in [0.29, 0.717) is 5.58 Å². The average Bonchev–Trinajstić information content (AvgIpc) is 2.62. The van der Waals surface area contributed by atoms with Crippen molar-refractivity contribution in [2.45, 2.75) is 18.4 Å². The summed E-state index contributed by atoms with van der Waals surface area (Å²) >= 11 is 5.79. The lowest BCUT2D eigenvalue weighted by Gasteiger charge is -2.12. The van der Waals surface area contributed by atoms with Crippen LogP contribution in [0, 0.1) is 0 Å². The minimum Gasteiger partial charge on any atom is -0.443 e. The van der Waals surface area contributed by atoms with Gasteiger partial charge in [-0.05, 0) is 24.6 Å². The number of nitrogens with zero attached hydrogens (tertiary/aromatic N) is 1. The molecule has 2 unspecified atom stereocenters. The minimum atomic E-state index is -0.675. The summed E-state index contributed by atoms with van der Waals surface area (Å²) in [5.74, 6) is 0. The maximum atomic E-state index is 9.70. The summed E-state index contributed by atoms with van der Waals surface area (Å²) in [4.78, 5) is 3.98. The van der Waals surface area contributed by atoms with Crippen LogP contribution >= 0.6 is 11.6 Å². The van der Waals surface area contributed by atoms with Gasteiger partial charge < -0.3 is 9.52 Å². The molecule has 1 aromatic heterocycles. The van der Waals surface area contributed by atoms with Crippen molar-refractivity contribution < 1.29 is 9.52 Å². The highest BCUT2D eigenvalue weighted by atomic mass is 35.5. The number of benzene rings is 1. The number of fused-ring (bicyclic) bond motifs is 1. The van der Waals surface area contributed by atoms with Crippen LogP contribution in [0.25, 0.3) is 11.1 Å². The molecule has 0 spiro atoms. The fraction of sp³-hybridized carbons (Fsp3) is 0.300. The first-order chi connectivity index (χ1) is 6.68. The predicted octanol–water partition coefficient (Wildman–Crippen LogP) is 2.49. The molecule has 1 aromatic carbocycles. The van der Waals surface area contributed by atoms with Crippen LogP contribution in [0.5, 0.6) is 0 Å². The number of hydrogen-bond donors (Lipinski definition) is 1. The molecule has 0 radical (unpaired) electrons. The zero-order valence-electron chi connectivity index (χ0n) is 7.64. The van der Waals surface area contributed by atoms with Gasteiger partial charge in [-0.3, -0.25) is 0 Å². The van der Waals surface area contributed by atoms with Crippen molar-refractivity contribution in [3.8, 4) is 0 Å². The van der Waals surface area contributed by atoms with Crippen molar-refractivity contribution in [3.63, 3.8) is 0 Å². The van der Waals surface area contributed by atoms with Crippen LogP contribution in [0.15, 0.2) is 29.0 Å². The topological polar surface area (TPSA) is 46.3 Å². The molecule has 1 N–H and O–H groups in total. The van der Waals surface area contributed by atoms with Gasteiger partial charge in [0, 0.05) is 0 Å². The van der Waals surface area contributed by atoms with Crippen LogP contribution in [-0.4, -0.2) is 15.5 Å².